The van der Waals surface area contributed by atoms with E-state index >= 15 is 0 Å². The van der Waals surface area contributed by atoms with Crippen molar-refractivity contribution < 1.29 is 37.0 Å². The minimum absolute atomic E-state index is 0.0576. The highest BCUT2D eigenvalue weighted by molar-refractivity contribution is 5.79. The van der Waals surface area contributed by atoms with Crippen LogP contribution in [0.2, 0.25) is 0 Å². The van der Waals surface area contributed by atoms with Gasteiger partial charge in [0.2, 0.25) is 5.91 Å². The second kappa shape index (κ2) is 8.78. The van der Waals surface area contributed by atoms with E-state index in [-0.39, 0.29) is 55.2 Å². The Balaban J connectivity index is 1.26. The number of hydrogen-bond donors (Lipinski definition) is 1. The maximum atomic E-state index is 12.9. The predicted molar refractivity (Wildman–Crippen MR) is 106 cm³/mol. The quantitative estimate of drug-likeness (QED) is 0.750. The molecule has 32 heavy (non-hydrogen) atoms. The number of alkyl halides is 3. The number of nitrogens with one attached hydrogen (secondary N) is 1. The molecule has 0 bridgehead atoms. The van der Waals surface area contributed by atoms with Gasteiger partial charge in [0, 0.05) is 13.1 Å². The van der Waals surface area contributed by atoms with Crippen molar-refractivity contribution in [1.29, 1.82) is 0 Å². The van der Waals surface area contributed by atoms with Crippen LogP contribution in [-0.4, -0.2) is 78.6 Å². The minimum atomic E-state index is -4.73. The molecule has 3 aliphatic rings. The van der Waals surface area contributed by atoms with E-state index < -0.39 is 6.36 Å². The predicted octanol–water partition coefficient (Wildman–Crippen LogP) is 2.19. The van der Waals surface area contributed by atoms with Crippen LogP contribution in [0.25, 0.3) is 0 Å². The van der Waals surface area contributed by atoms with Crippen LogP contribution in [0.5, 0.6) is 5.75 Å². The number of likely N-dealkylation sites (tertiary alicyclic amines) is 2. The van der Waals surface area contributed by atoms with E-state index in [1.54, 1.807) is 22.8 Å². The van der Waals surface area contributed by atoms with Crippen molar-refractivity contribution in [3.8, 4) is 5.75 Å². The molecule has 3 fully saturated rings. The first-order chi connectivity index (χ1) is 15.1. The molecule has 0 saturated carbocycles. The zero-order valence-electron chi connectivity index (χ0n) is 17.9. The summed E-state index contributed by atoms with van der Waals surface area (Å²) in [6.45, 7) is 5.30. The number of rotatable bonds is 4. The SMILES string of the molecule is Cc1cc(OC(F)(F)F)ccc1COC1CN(C(=O)N2CCC3OCC(=O)NC3C2)C1C. The summed E-state index contributed by atoms with van der Waals surface area (Å²) in [5.41, 5.74) is 1.39. The first kappa shape index (κ1) is 22.7. The second-order valence-corrected chi connectivity index (χ2v) is 8.42. The number of carbonyl (C=O) groups excluding carboxylic acids is 2. The lowest BCUT2D eigenvalue weighted by Crippen LogP contribution is -2.67. The van der Waals surface area contributed by atoms with E-state index in [4.69, 9.17) is 9.47 Å². The van der Waals surface area contributed by atoms with Crippen molar-refractivity contribution in [2.45, 2.75) is 57.5 Å². The molecule has 3 aliphatic heterocycles. The Morgan fingerprint density at radius 1 is 1.31 bits per heavy atom. The third-order valence-corrected chi connectivity index (χ3v) is 6.25. The highest BCUT2D eigenvalue weighted by Gasteiger charge is 2.44. The molecule has 0 aliphatic carbocycles. The molecule has 0 spiro atoms. The molecular weight excluding hydrogens is 431 g/mol. The van der Waals surface area contributed by atoms with Crippen LogP contribution in [0, 0.1) is 6.92 Å². The molecule has 1 aromatic carbocycles. The molecular formula is C21H26F3N3O5. The molecule has 0 aromatic heterocycles. The average Bonchev–Trinajstić information content (AvgIpc) is 2.72. The van der Waals surface area contributed by atoms with E-state index in [0.717, 1.165) is 5.56 Å². The maximum absolute atomic E-state index is 12.9. The van der Waals surface area contributed by atoms with Crippen molar-refractivity contribution >= 4 is 11.9 Å². The Kier molecular flexibility index (Phi) is 6.22. The fraction of sp³-hybridized carbons (Fsp3) is 0.619. The summed E-state index contributed by atoms with van der Waals surface area (Å²) in [4.78, 5) is 27.9. The Labute approximate surface area is 183 Å². The Hall–Kier alpha value is -2.53. The Morgan fingerprint density at radius 2 is 2.09 bits per heavy atom. The van der Waals surface area contributed by atoms with Crippen LogP contribution < -0.4 is 10.1 Å². The molecule has 1 N–H and O–H groups in total. The number of urea groups is 1. The van der Waals surface area contributed by atoms with E-state index in [1.165, 1.54) is 12.1 Å². The van der Waals surface area contributed by atoms with Gasteiger partial charge in [-0.1, -0.05) is 6.07 Å². The third kappa shape index (κ3) is 4.93. The van der Waals surface area contributed by atoms with Crippen LogP contribution in [0.4, 0.5) is 18.0 Å². The number of amides is 3. The molecule has 3 heterocycles. The Morgan fingerprint density at radius 3 is 2.78 bits per heavy atom. The number of halogens is 3. The molecule has 0 radical (unpaired) electrons. The lowest BCUT2D eigenvalue weighted by Gasteiger charge is -2.49. The fourth-order valence-electron chi connectivity index (χ4n) is 4.30. The first-order valence-electron chi connectivity index (χ1n) is 10.5. The topological polar surface area (TPSA) is 80.3 Å². The van der Waals surface area contributed by atoms with Gasteiger partial charge >= 0.3 is 12.4 Å². The molecule has 3 saturated heterocycles. The summed E-state index contributed by atoms with van der Waals surface area (Å²) in [6, 6.07) is 3.71. The van der Waals surface area contributed by atoms with Crippen LogP contribution in [0.1, 0.15) is 24.5 Å². The van der Waals surface area contributed by atoms with Gasteiger partial charge in [0.1, 0.15) is 12.4 Å². The van der Waals surface area contributed by atoms with E-state index in [9.17, 15) is 22.8 Å². The first-order valence-corrected chi connectivity index (χ1v) is 10.5. The van der Waals surface area contributed by atoms with Gasteiger partial charge in [0.25, 0.3) is 0 Å². The highest BCUT2D eigenvalue weighted by atomic mass is 19.4. The summed E-state index contributed by atoms with van der Waals surface area (Å²) in [5.74, 6) is -0.435. The summed E-state index contributed by atoms with van der Waals surface area (Å²) < 4.78 is 52.4. The zero-order valence-corrected chi connectivity index (χ0v) is 17.9. The highest BCUT2D eigenvalue weighted by Crippen LogP contribution is 2.28. The van der Waals surface area contributed by atoms with Gasteiger partial charge in [-0.15, -0.1) is 13.2 Å². The Bertz CT molecular complexity index is 881. The number of piperidine rings is 1. The molecule has 4 unspecified atom stereocenters. The van der Waals surface area contributed by atoms with E-state index in [1.807, 2.05) is 6.92 Å². The van der Waals surface area contributed by atoms with Crippen molar-refractivity contribution in [2.24, 2.45) is 0 Å². The third-order valence-electron chi connectivity index (χ3n) is 6.25. The summed E-state index contributed by atoms with van der Waals surface area (Å²) in [6.07, 6.45) is -4.28. The van der Waals surface area contributed by atoms with E-state index in [0.29, 0.717) is 31.6 Å². The van der Waals surface area contributed by atoms with Gasteiger partial charge < -0.3 is 29.3 Å². The normalized spacial score (nSPS) is 28.0. The van der Waals surface area contributed by atoms with Gasteiger partial charge in [-0.05, 0) is 43.5 Å². The molecule has 4 rings (SSSR count). The summed E-state index contributed by atoms with van der Waals surface area (Å²) in [7, 11) is 0. The molecule has 11 heteroatoms. The van der Waals surface area contributed by atoms with Gasteiger partial charge in [0.05, 0.1) is 37.4 Å². The van der Waals surface area contributed by atoms with Gasteiger partial charge in [-0.25, -0.2) is 4.79 Å². The van der Waals surface area contributed by atoms with Crippen LogP contribution in [0.15, 0.2) is 18.2 Å². The number of carbonyl (C=O) groups is 2. The monoisotopic (exact) mass is 457 g/mol. The number of nitrogens with zero attached hydrogens (tertiary/aromatic N) is 2. The summed E-state index contributed by atoms with van der Waals surface area (Å²) in [5, 5.41) is 2.89. The van der Waals surface area contributed by atoms with E-state index in [2.05, 4.69) is 10.1 Å². The van der Waals surface area contributed by atoms with Gasteiger partial charge in [-0.3, -0.25) is 4.79 Å². The molecule has 176 valence electrons. The number of morpholine rings is 1. The molecule has 4 atom stereocenters. The van der Waals surface area contributed by atoms with Gasteiger partial charge in [0.15, 0.2) is 0 Å². The number of hydrogen-bond acceptors (Lipinski definition) is 5. The molecule has 8 nitrogen and oxygen atoms in total. The van der Waals surface area contributed by atoms with Crippen molar-refractivity contribution in [3.63, 3.8) is 0 Å². The number of benzene rings is 1. The maximum Gasteiger partial charge on any atom is 0.573 e. The smallest absolute Gasteiger partial charge is 0.406 e. The van der Waals surface area contributed by atoms with Crippen LogP contribution in [-0.2, 0) is 20.9 Å². The standard InChI is InChI=1S/C21H26F3N3O5/c1-12-7-15(32-21(22,23)24)4-3-14(12)10-30-18-9-27(13(18)2)20(29)26-6-5-17-16(8-26)25-19(28)11-31-17/h3-4,7,13,16-18H,5-6,8-11H2,1-2H3,(H,25,28). The minimum Gasteiger partial charge on any atom is -0.406 e. The lowest BCUT2D eigenvalue weighted by atomic mass is 9.99. The number of fused-ring (bicyclic) bond motifs is 1. The lowest BCUT2D eigenvalue weighted by molar-refractivity contribution is -0.274. The average molecular weight is 457 g/mol. The molecule has 3 amide bonds. The van der Waals surface area contributed by atoms with Crippen molar-refractivity contribution in [1.82, 2.24) is 15.1 Å². The molecule has 1 aromatic rings. The number of aryl methyl sites for hydroxylation is 1. The fourth-order valence-corrected chi connectivity index (χ4v) is 4.30. The number of ether oxygens (including phenoxy) is 3. The van der Waals surface area contributed by atoms with Gasteiger partial charge in [-0.2, -0.15) is 0 Å². The largest absolute Gasteiger partial charge is 0.573 e. The van der Waals surface area contributed by atoms with Crippen LogP contribution >= 0.6 is 0 Å². The van der Waals surface area contributed by atoms with Crippen molar-refractivity contribution in [2.75, 3.05) is 26.2 Å². The second-order valence-electron chi connectivity index (χ2n) is 8.42. The van der Waals surface area contributed by atoms with Crippen LogP contribution in [0.3, 0.4) is 0 Å². The summed E-state index contributed by atoms with van der Waals surface area (Å²) >= 11 is 0. The van der Waals surface area contributed by atoms with Crippen molar-refractivity contribution in [3.05, 3.63) is 29.3 Å². The zero-order chi connectivity index (χ0) is 23.0.